The van der Waals surface area contributed by atoms with Crippen molar-refractivity contribution >= 4 is 0 Å². The van der Waals surface area contributed by atoms with Gasteiger partial charge in [0.25, 0.3) is 0 Å². The highest BCUT2D eigenvalue weighted by Crippen LogP contribution is 2.16. The molecule has 0 unspecified atom stereocenters. The molecular weight excluding hydrogens is 480 g/mol. The first kappa shape index (κ1) is 39.7. The van der Waals surface area contributed by atoms with E-state index in [9.17, 15) is 0 Å². The molecule has 0 saturated heterocycles. The molecule has 0 fully saturated rings. The topological polar surface area (TPSA) is 0 Å². The van der Waals surface area contributed by atoms with Gasteiger partial charge in [0.1, 0.15) is 0 Å². The van der Waals surface area contributed by atoms with Crippen LogP contribution in [0.25, 0.3) is 0 Å². The van der Waals surface area contributed by atoms with E-state index in [4.69, 9.17) is 0 Å². The Labute approximate surface area is 256 Å². The van der Waals surface area contributed by atoms with Gasteiger partial charge in [-0.2, -0.15) is 0 Å². The molecule has 0 aromatic heterocycles. The van der Waals surface area contributed by atoms with Gasteiger partial charge in [-0.15, -0.1) is 0 Å². The average molecular weight is 561 g/mol. The van der Waals surface area contributed by atoms with Crippen LogP contribution in [0.1, 0.15) is 245 Å². The lowest BCUT2D eigenvalue weighted by Gasteiger charge is -2.03. The van der Waals surface area contributed by atoms with Gasteiger partial charge in [-0.3, -0.25) is 0 Å². The molecule has 0 radical (unpaired) electrons. The quantitative estimate of drug-likeness (QED) is 0.0528. The fraction of sp³-hybridized carbons (Fsp3) is 0.950. The zero-order chi connectivity index (χ0) is 28.9. The van der Waals surface area contributed by atoms with E-state index in [0.29, 0.717) is 0 Å². The van der Waals surface area contributed by atoms with Crippen LogP contribution in [0.3, 0.4) is 0 Å². The van der Waals surface area contributed by atoms with E-state index in [1.54, 1.807) is 0 Å². The largest absolute Gasteiger partial charge is 0.0885 e. The molecule has 0 atom stereocenters. The lowest BCUT2D eigenvalue weighted by atomic mass is 10.0. The summed E-state index contributed by atoms with van der Waals surface area (Å²) in [6.07, 6.45) is 57.4. The van der Waals surface area contributed by atoms with E-state index in [-0.39, 0.29) is 0 Å². The van der Waals surface area contributed by atoms with Crippen molar-refractivity contribution in [2.24, 2.45) is 0 Å². The maximum Gasteiger partial charge on any atom is -0.0351 e. The number of allylic oxidation sites excluding steroid dienone is 2. The fourth-order valence-corrected chi connectivity index (χ4v) is 6.21. The Hall–Kier alpha value is -0.260. The Kier molecular flexibility index (Phi) is 38.5. The zero-order valence-electron chi connectivity index (χ0n) is 28.6. The Morgan fingerprint density at radius 3 is 0.525 bits per heavy atom. The number of hydrogen-bond acceptors (Lipinski definition) is 0. The summed E-state index contributed by atoms with van der Waals surface area (Å²) in [7, 11) is 0. The molecule has 0 amide bonds. The maximum atomic E-state index is 2.47. The van der Waals surface area contributed by atoms with Crippen molar-refractivity contribution in [3.8, 4) is 0 Å². The second-order valence-corrected chi connectivity index (χ2v) is 13.4. The summed E-state index contributed by atoms with van der Waals surface area (Å²) in [5, 5.41) is 0. The molecular formula is C40H80. The summed E-state index contributed by atoms with van der Waals surface area (Å²) in [6, 6.07) is 0. The molecule has 0 aliphatic carbocycles. The molecule has 0 spiro atoms. The van der Waals surface area contributed by atoms with Gasteiger partial charge in [0.15, 0.2) is 0 Å². The van der Waals surface area contributed by atoms with Crippen molar-refractivity contribution in [3.05, 3.63) is 12.2 Å². The van der Waals surface area contributed by atoms with Gasteiger partial charge < -0.3 is 0 Å². The Bertz CT molecular complexity index is 395. The van der Waals surface area contributed by atoms with Crippen molar-refractivity contribution < 1.29 is 0 Å². The Morgan fingerprint density at radius 2 is 0.350 bits per heavy atom. The predicted octanol–water partition coefficient (Wildman–Crippen LogP) is 15.6. The van der Waals surface area contributed by atoms with Crippen LogP contribution in [0, 0.1) is 0 Å². The standard InChI is InChI=1S/C40H80/c1-3-5-7-9-11-13-15-17-19-21-23-25-27-29-31-33-35-37-39-40-38-36-34-32-30-28-26-24-22-20-18-16-14-12-10-8-6-4-2/h39-40H,3-38H2,1-2H3/b40-39-. The van der Waals surface area contributed by atoms with Gasteiger partial charge >= 0.3 is 0 Å². The zero-order valence-corrected chi connectivity index (χ0v) is 28.6. The molecule has 0 saturated carbocycles. The van der Waals surface area contributed by atoms with Gasteiger partial charge in [0.05, 0.1) is 0 Å². The second-order valence-electron chi connectivity index (χ2n) is 13.4. The fourth-order valence-electron chi connectivity index (χ4n) is 6.21. The SMILES string of the molecule is CCCCCCCCCCCCCCCCCCC/C=C\CCCCCCCCCCCCCCCCCCC. The molecule has 40 heavy (non-hydrogen) atoms. The van der Waals surface area contributed by atoms with Crippen LogP contribution in [0.4, 0.5) is 0 Å². The van der Waals surface area contributed by atoms with Crippen molar-refractivity contribution in [1.82, 2.24) is 0 Å². The molecule has 0 aliphatic heterocycles. The van der Waals surface area contributed by atoms with Gasteiger partial charge in [-0.05, 0) is 25.7 Å². The summed E-state index contributed by atoms with van der Waals surface area (Å²) in [5.74, 6) is 0. The molecule has 0 aliphatic rings. The van der Waals surface area contributed by atoms with Crippen molar-refractivity contribution in [2.75, 3.05) is 0 Å². The van der Waals surface area contributed by atoms with Crippen LogP contribution in [0.2, 0.25) is 0 Å². The molecule has 0 rings (SSSR count). The van der Waals surface area contributed by atoms with E-state index in [0.717, 1.165) is 0 Å². The normalized spacial score (nSPS) is 11.8. The maximum absolute atomic E-state index is 2.47. The molecule has 0 aromatic rings. The Morgan fingerprint density at radius 1 is 0.200 bits per heavy atom. The van der Waals surface area contributed by atoms with E-state index in [1.807, 2.05) is 0 Å². The van der Waals surface area contributed by atoms with Crippen LogP contribution in [0.15, 0.2) is 12.2 Å². The monoisotopic (exact) mass is 561 g/mol. The molecule has 240 valence electrons. The van der Waals surface area contributed by atoms with Gasteiger partial charge in [-0.1, -0.05) is 231 Å². The van der Waals surface area contributed by atoms with Crippen LogP contribution >= 0.6 is 0 Å². The third kappa shape index (κ3) is 37.7. The summed E-state index contributed by atoms with van der Waals surface area (Å²) < 4.78 is 0. The first-order valence-electron chi connectivity index (χ1n) is 19.6. The molecule has 0 N–H and O–H groups in total. The predicted molar refractivity (Wildman–Crippen MR) is 187 cm³/mol. The summed E-state index contributed by atoms with van der Waals surface area (Å²) in [6.45, 7) is 4.61. The van der Waals surface area contributed by atoms with Crippen molar-refractivity contribution in [2.45, 2.75) is 245 Å². The molecule has 0 heteroatoms. The minimum atomic E-state index is 1.32. The molecule has 0 heterocycles. The number of rotatable bonds is 36. The molecule has 0 bridgehead atoms. The smallest absolute Gasteiger partial charge is 0.0351 e. The number of hydrogen-bond donors (Lipinski definition) is 0. The molecule has 0 nitrogen and oxygen atoms in total. The van der Waals surface area contributed by atoms with E-state index in [2.05, 4.69) is 26.0 Å². The Balaban J connectivity index is 3.08. The van der Waals surface area contributed by atoms with Crippen LogP contribution in [-0.4, -0.2) is 0 Å². The highest BCUT2D eigenvalue weighted by Gasteiger charge is 1.96. The highest BCUT2D eigenvalue weighted by atomic mass is 14.0. The molecule has 0 aromatic carbocycles. The van der Waals surface area contributed by atoms with Crippen LogP contribution in [0.5, 0.6) is 0 Å². The van der Waals surface area contributed by atoms with Gasteiger partial charge in [0.2, 0.25) is 0 Å². The van der Waals surface area contributed by atoms with Crippen molar-refractivity contribution in [3.63, 3.8) is 0 Å². The van der Waals surface area contributed by atoms with E-state index in [1.165, 1.54) is 231 Å². The van der Waals surface area contributed by atoms with Gasteiger partial charge in [-0.25, -0.2) is 0 Å². The average Bonchev–Trinajstić information content (AvgIpc) is 2.97. The summed E-state index contributed by atoms with van der Waals surface area (Å²) in [4.78, 5) is 0. The minimum absolute atomic E-state index is 1.32. The summed E-state index contributed by atoms with van der Waals surface area (Å²) in [5.41, 5.74) is 0. The lowest BCUT2D eigenvalue weighted by Crippen LogP contribution is -1.84. The van der Waals surface area contributed by atoms with E-state index < -0.39 is 0 Å². The second kappa shape index (κ2) is 38.7. The first-order chi connectivity index (χ1) is 19.9. The third-order valence-electron chi connectivity index (χ3n) is 9.12. The minimum Gasteiger partial charge on any atom is -0.0885 e. The van der Waals surface area contributed by atoms with Gasteiger partial charge in [0, 0.05) is 0 Å². The van der Waals surface area contributed by atoms with Crippen LogP contribution in [-0.2, 0) is 0 Å². The lowest BCUT2D eigenvalue weighted by molar-refractivity contribution is 0.527. The van der Waals surface area contributed by atoms with Crippen LogP contribution < -0.4 is 0 Å². The van der Waals surface area contributed by atoms with E-state index >= 15 is 0 Å². The van der Waals surface area contributed by atoms with Crippen molar-refractivity contribution in [1.29, 1.82) is 0 Å². The highest BCUT2D eigenvalue weighted by molar-refractivity contribution is 4.81. The first-order valence-corrected chi connectivity index (χ1v) is 19.6. The number of unbranched alkanes of at least 4 members (excludes halogenated alkanes) is 34. The summed E-state index contributed by atoms with van der Waals surface area (Å²) >= 11 is 0. The third-order valence-corrected chi connectivity index (χ3v) is 9.12.